The van der Waals surface area contributed by atoms with E-state index in [1.807, 2.05) is 0 Å². The Hall–Kier alpha value is -0.740. The van der Waals surface area contributed by atoms with E-state index in [-0.39, 0.29) is 11.5 Å². The van der Waals surface area contributed by atoms with Crippen LogP contribution >= 0.6 is 11.6 Å². The summed E-state index contributed by atoms with van der Waals surface area (Å²) >= 11 is 5.99. The van der Waals surface area contributed by atoms with Gasteiger partial charge in [-0.3, -0.25) is 0 Å². The zero-order valence-electron chi connectivity index (χ0n) is 8.35. The zero-order valence-corrected chi connectivity index (χ0v) is 9.11. The monoisotopic (exact) mass is 250 g/mol. The average Bonchev–Trinajstić information content (AvgIpc) is 2.67. The van der Waals surface area contributed by atoms with E-state index in [9.17, 15) is 13.2 Å². The molecule has 0 aliphatic carbocycles. The lowest BCUT2D eigenvalue weighted by molar-refractivity contribution is 0.184. The van der Waals surface area contributed by atoms with Gasteiger partial charge in [-0.05, 0) is 6.42 Å². The molecule has 2 rings (SSSR count). The first kappa shape index (κ1) is 11.7. The van der Waals surface area contributed by atoms with Crippen LogP contribution in [0.15, 0.2) is 12.1 Å². The Morgan fingerprint density at radius 3 is 2.38 bits per heavy atom. The summed E-state index contributed by atoms with van der Waals surface area (Å²) in [6.07, 6.45) is 0.657. The third kappa shape index (κ3) is 2.18. The molecular formula is C11H10ClF3O. The molecule has 0 bridgehead atoms. The molecule has 1 aromatic carbocycles. The number of ether oxygens (including phenoxy) is 1. The van der Waals surface area contributed by atoms with Gasteiger partial charge in [0.25, 0.3) is 0 Å². The molecule has 1 aliphatic heterocycles. The molecule has 0 N–H and O–H groups in total. The molecule has 2 atom stereocenters. The van der Waals surface area contributed by atoms with Gasteiger partial charge in [0.2, 0.25) is 0 Å². The summed E-state index contributed by atoms with van der Waals surface area (Å²) in [4.78, 5) is 0. The van der Waals surface area contributed by atoms with Crippen molar-refractivity contribution in [2.45, 2.75) is 11.8 Å². The smallest absolute Gasteiger partial charge is 0.133 e. The lowest BCUT2D eigenvalue weighted by atomic mass is 9.97. The Morgan fingerprint density at radius 2 is 1.88 bits per heavy atom. The van der Waals surface area contributed by atoms with Crippen molar-refractivity contribution >= 4 is 11.6 Å². The van der Waals surface area contributed by atoms with E-state index in [0.29, 0.717) is 31.8 Å². The Labute approximate surface area is 96.2 Å². The van der Waals surface area contributed by atoms with Gasteiger partial charge in [0.1, 0.15) is 17.5 Å². The predicted molar refractivity (Wildman–Crippen MR) is 53.8 cm³/mol. The van der Waals surface area contributed by atoms with E-state index in [2.05, 4.69) is 0 Å². The van der Waals surface area contributed by atoms with Gasteiger partial charge in [-0.15, -0.1) is 11.6 Å². The molecule has 1 saturated heterocycles. The van der Waals surface area contributed by atoms with Crippen molar-refractivity contribution in [2.75, 3.05) is 13.2 Å². The molecule has 5 heteroatoms. The molecule has 0 radical (unpaired) electrons. The van der Waals surface area contributed by atoms with Crippen LogP contribution in [0.2, 0.25) is 0 Å². The number of halogens is 4. The SMILES string of the molecule is Fc1cc(F)c(C(Cl)C2CCOC2)c(F)c1. The molecule has 0 saturated carbocycles. The van der Waals surface area contributed by atoms with E-state index in [4.69, 9.17) is 16.3 Å². The minimum atomic E-state index is -0.940. The molecule has 88 valence electrons. The van der Waals surface area contributed by atoms with E-state index in [1.54, 1.807) is 0 Å². The molecule has 1 fully saturated rings. The highest BCUT2D eigenvalue weighted by Crippen LogP contribution is 2.37. The molecule has 0 aromatic heterocycles. The topological polar surface area (TPSA) is 9.23 Å². The number of hydrogen-bond acceptors (Lipinski definition) is 1. The minimum Gasteiger partial charge on any atom is -0.381 e. The fraction of sp³-hybridized carbons (Fsp3) is 0.455. The van der Waals surface area contributed by atoms with Crippen LogP contribution in [0.5, 0.6) is 0 Å². The molecule has 1 aromatic rings. The van der Waals surface area contributed by atoms with Crippen LogP contribution in [0, 0.1) is 23.4 Å². The summed E-state index contributed by atoms with van der Waals surface area (Å²) in [6.45, 7) is 0.919. The fourth-order valence-electron chi connectivity index (χ4n) is 1.84. The van der Waals surface area contributed by atoms with E-state index in [1.165, 1.54) is 0 Å². The Kier molecular flexibility index (Phi) is 3.40. The van der Waals surface area contributed by atoms with Crippen LogP contribution in [0.1, 0.15) is 17.4 Å². The maximum atomic E-state index is 13.4. The second kappa shape index (κ2) is 4.63. The van der Waals surface area contributed by atoms with Crippen LogP contribution in [0.25, 0.3) is 0 Å². The van der Waals surface area contributed by atoms with Gasteiger partial charge in [-0.1, -0.05) is 0 Å². The van der Waals surface area contributed by atoms with E-state index in [0.717, 1.165) is 0 Å². The van der Waals surface area contributed by atoms with E-state index >= 15 is 0 Å². The van der Waals surface area contributed by atoms with Gasteiger partial charge in [-0.25, -0.2) is 13.2 Å². The zero-order chi connectivity index (χ0) is 11.7. The van der Waals surface area contributed by atoms with Crippen LogP contribution in [0.3, 0.4) is 0 Å². The minimum absolute atomic E-state index is 0.129. The van der Waals surface area contributed by atoms with E-state index < -0.39 is 22.8 Å². The second-order valence-electron chi connectivity index (χ2n) is 3.81. The maximum Gasteiger partial charge on any atom is 0.133 e. The van der Waals surface area contributed by atoms with Crippen molar-refractivity contribution in [1.29, 1.82) is 0 Å². The summed E-state index contributed by atoms with van der Waals surface area (Å²) < 4.78 is 44.6. The first-order valence-corrected chi connectivity index (χ1v) is 5.39. The van der Waals surface area contributed by atoms with Gasteiger partial charge in [-0.2, -0.15) is 0 Å². The lowest BCUT2D eigenvalue weighted by Crippen LogP contribution is -2.11. The van der Waals surface area contributed by atoms with Crippen LogP contribution in [0.4, 0.5) is 13.2 Å². The standard InChI is InChI=1S/C11H10ClF3O/c12-11(6-1-2-16-5-6)10-8(14)3-7(13)4-9(10)15/h3-4,6,11H,1-2,5H2. The van der Waals surface area contributed by atoms with Crippen molar-refractivity contribution in [3.63, 3.8) is 0 Å². The fourth-order valence-corrected chi connectivity index (χ4v) is 2.24. The van der Waals surface area contributed by atoms with Crippen molar-refractivity contribution in [3.05, 3.63) is 35.1 Å². The Balaban J connectivity index is 2.31. The van der Waals surface area contributed by atoms with Gasteiger partial charge < -0.3 is 4.74 Å². The van der Waals surface area contributed by atoms with Crippen LogP contribution in [-0.2, 0) is 4.74 Å². The molecule has 1 aliphatic rings. The van der Waals surface area contributed by atoms with Gasteiger partial charge in [0.15, 0.2) is 0 Å². The second-order valence-corrected chi connectivity index (χ2v) is 4.28. The number of benzene rings is 1. The summed E-state index contributed by atoms with van der Waals surface area (Å²) in [5, 5.41) is -0.817. The highest BCUT2D eigenvalue weighted by molar-refractivity contribution is 6.21. The predicted octanol–water partition coefficient (Wildman–Crippen LogP) is 3.42. The molecule has 0 spiro atoms. The third-order valence-corrected chi connectivity index (χ3v) is 3.27. The lowest BCUT2D eigenvalue weighted by Gasteiger charge is -2.17. The summed E-state index contributed by atoms with van der Waals surface area (Å²) in [5.41, 5.74) is -0.265. The Morgan fingerprint density at radius 1 is 1.25 bits per heavy atom. The summed E-state index contributed by atoms with van der Waals surface area (Å²) in [6, 6.07) is 1.28. The number of hydrogen-bond donors (Lipinski definition) is 0. The summed E-state index contributed by atoms with van der Waals surface area (Å²) in [5.74, 6) is -2.95. The maximum absolute atomic E-state index is 13.4. The molecule has 2 unspecified atom stereocenters. The highest BCUT2D eigenvalue weighted by Gasteiger charge is 2.30. The molecule has 0 amide bonds. The number of rotatable bonds is 2. The largest absolute Gasteiger partial charge is 0.381 e. The molecular weight excluding hydrogens is 241 g/mol. The normalized spacial score (nSPS) is 22.4. The third-order valence-electron chi connectivity index (χ3n) is 2.70. The van der Waals surface area contributed by atoms with Gasteiger partial charge >= 0.3 is 0 Å². The van der Waals surface area contributed by atoms with Crippen molar-refractivity contribution in [1.82, 2.24) is 0 Å². The van der Waals surface area contributed by atoms with Crippen LogP contribution < -0.4 is 0 Å². The molecule has 16 heavy (non-hydrogen) atoms. The quantitative estimate of drug-likeness (QED) is 0.731. The Bertz CT molecular complexity index is 368. The summed E-state index contributed by atoms with van der Waals surface area (Å²) in [7, 11) is 0. The van der Waals surface area contributed by atoms with Gasteiger partial charge in [0, 0.05) is 30.2 Å². The average molecular weight is 251 g/mol. The first-order chi connectivity index (χ1) is 7.59. The van der Waals surface area contributed by atoms with Gasteiger partial charge in [0.05, 0.1) is 12.0 Å². The van der Waals surface area contributed by atoms with Crippen molar-refractivity contribution in [2.24, 2.45) is 5.92 Å². The molecule has 1 heterocycles. The number of alkyl halides is 1. The van der Waals surface area contributed by atoms with Crippen LogP contribution in [-0.4, -0.2) is 13.2 Å². The van der Waals surface area contributed by atoms with Crippen molar-refractivity contribution in [3.8, 4) is 0 Å². The highest BCUT2D eigenvalue weighted by atomic mass is 35.5. The van der Waals surface area contributed by atoms with Crippen molar-refractivity contribution < 1.29 is 17.9 Å². The first-order valence-electron chi connectivity index (χ1n) is 4.96. The molecule has 1 nitrogen and oxygen atoms in total.